The summed E-state index contributed by atoms with van der Waals surface area (Å²) in [4.78, 5) is 21.4. The highest BCUT2D eigenvalue weighted by Gasteiger charge is 2.45. The Hall–Kier alpha value is -1.06. The van der Waals surface area contributed by atoms with E-state index < -0.39 is 0 Å². The lowest BCUT2D eigenvalue weighted by Gasteiger charge is -2.43. The molecule has 0 aromatic heterocycles. The number of urea groups is 1. The van der Waals surface area contributed by atoms with Crippen molar-refractivity contribution in [2.75, 3.05) is 13.1 Å². The first-order valence-corrected chi connectivity index (χ1v) is 3.74. The van der Waals surface area contributed by atoms with Crippen LogP contribution in [0.15, 0.2) is 0 Å². The minimum Gasteiger partial charge on any atom is -0.338 e. The Morgan fingerprint density at radius 3 is 2.09 bits per heavy atom. The molecule has 1 saturated carbocycles. The average molecular weight is 154 g/mol. The third-order valence-electron chi connectivity index (χ3n) is 2.39. The molecule has 1 spiro atoms. The smallest absolute Gasteiger partial charge is 0.314 e. The van der Waals surface area contributed by atoms with Crippen molar-refractivity contribution in [3.63, 3.8) is 0 Å². The van der Waals surface area contributed by atoms with Crippen molar-refractivity contribution in [1.29, 1.82) is 0 Å². The molecule has 1 heterocycles. The summed E-state index contributed by atoms with van der Waals surface area (Å²) < 4.78 is 0. The van der Waals surface area contributed by atoms with Crippen LogP contribution < -0.4 is 10.6 Å². The molecule has 1 aliphatic heterocycles. The van der Waals surface area contributed by atoms with E-state index in [-0.39, 0.29) is 11.4 Å². The van der Waals surface area contributed by atoms with Gasteiger partial charge in [0.05, 0.1) is 0 Å². The average Bonchev–Trinajstić information content (AvgIpc) is 1.92. The zero-order chi connectivity index (χ0) is 7.90. The summed E-state index contributed by atoms with van der Waals surface area (Å²) in [5.74, 6) is 0.308. The van der Waals surface area contributed by atoms with Crippen molar-refractivity contribution >= 4 is 11.8 Å². The predicted octanol–water partition coefficient (Wildman–Crippen LogP) is -0.352. The van der Waals surface area contributed by atoms with E-state index in [1.807, 2.05) is 0 Å². The SMILES string of the molecule is O=C1CC2(CNC(=O)NC2)C1. The Bertz CT molecular complexity index is 204. The normalized spacial score (nSPS) is 27.3. The van der Waals surface area contributed by atoms with Crippen LogP contribution in [0.3, 0.4) is 0 Å². The summed E-state index contributed by atoms with van der Waals surface area (Å²) in [6, 6.07) is -0.116. The lowest BCUT2D eigenvalue weighted by Crippen LogP contribution is -2.59. The fourth-order valence-corrected chi connectivity index (χ4v) is 1.70. The topological polar surface area (TPSA) is 58.2 Å². The van der Waals surface area contributed by atoms with E-state index in [2.05, 4.69) is 10.6 Å². The second kappa shape index (κ2) is 1.96. The van der Waals surface area contributed by atoms with Gasteiger partial charge in [-0.2, -0.15) is 0 Å². The van der Waals surface area contributed by atoms with Crippen LogP contribution >= 0.6 is 0 Å². The van der Waals surface area contributed by atoms with Crippen molar-refractivity contribution in [3.8, 4) is 0 Å². The van der Waals surface area contributed by atoms with Crippen LogP contribution in [-0.4, -0.2) is 24.9 Å². The summed E-state index contributed by atoms with van der Waals surface area (Å²) in [5, 5.41) is 5.39. The predicted molar refractivity (Wildman–Crippen MR) is 38.1 cm³/mol. The molecule has 0 bridgehead atoms. The van der Waals surface area contributed by atoms with Gasteiger partial charge in [-0.15, -0.1) is 0 Å². The van der Waals surface area contributed by atoms with Gasteiger partial charge in [0.25, 0.3) is 0 Å². The Morgan fingerprint density at radius 1 is 1.09 bits per heavy atom. The molecule has 11 heavy (non-hydrogen) atoms. The third kappa shape index (κ3) is 0.982. The molecule has 2 amide bonds. The molecule has 0 aromatic carbocycles. The van der Waals surface area contributed by atoms with Gasteiger partial charge in [0, 0.05) is 31.3 Å². The van der Waals surface area contributed by atoms with Crippen LogP contribution in [0, 0.1) is 5.41 Å². The van der Waals surface area contributed by atoms with Gasteiger partial charge in [-0.1, -0.05) is 0 Å². The van der Waals surface area contributed by atoms with Gasteiger partial charge >= 0.3 is 6.03 Å². The van der Waals surface area contributed by atoms with E-state index in [4.69, 9.17) is 0 Å². The molecule has 2 aliphatic rings. The highest BCUT2D eigenvalue weighted by Crippen LogP contribution is 2.37. The number of hydrogen-bond acceptors (Lipinski definition) is 2. The molecule has 2 fully saturated rings. The number of Topliss-reactive ketones (excluding diaryl/α,β-unsaturated/α-hetero) is 1. The van der Waals surface area contributed by atoms with Crippen molar-refractivity contribution in [1.82, 2.24) is 10.6 Å². The van der Waals surface area contributed by atoms with Crippen molar-refractivity contribution < 1.29 is 9.59 Å². The second-order valence-electron chi connectivity index (χ2n) is 3.43. The number of rotatable bonds is 0. The van der Waals surface area contributed by atoms with Gasteiger partial charge in [0.2, 0.25) is 0 Å². The van der Waals surface area contributed by atoms with E-state index in [1.165, 1.54) is 0 Å². The fraction of sp³-hybridized carbons (Fsp3) is 0.714. The Balaban J connectivity index is 1.97. The highest BCUT2D eigenvalue weighted by atomic mass is 16.2. The van der Waals surface area contributed by atoms with E-state index in [1.54, 1.807) is 0 Å². The molecule has 1 aliphatic carbocycles. The Morgan fingerprint density at radius 2 is 1.64 bits per heavy atom. The minimum absolute atomic E-state index is 0.0605. The summed E-state index contributed by atoms with van der Waals surface area (Å²) >= 11 is 0. The first-order chi connectivity index (χ1) is 5.20. The maximum atomic E-state index is 10.7. The van der Waals surface area contributed by atoms with Crippen LogP contribution in [0.25, 0.3) is 0 Å². The van der Waals surface area contributed by atoms with E-state index in [0.717, 1.165) is 0 Å². The maximum Gasteiger partial charge on any atom is 0.314 e. The third-order valence-corrected chi connectivity index (χ3v) is 2.39. The monoisotopic (exact) mass is 154 g/mol. The molecule has 0 radical (unpaired) electrons. The Kier molecular flexibility index (Phi) is 1.19. The lowest BCUT2D eigenvalue weighted by atomic mass is 9.67. The zero-order valence-corrected chi connectivity index (χ0v) is 6.14. The molecule has 2 rings (SSSR count). The van der Waals surface area contributed by atoms with Crippen LogP contribution in [0.5, 0.6) is 0 Å². The summed E-state index contributed by atoms with van der Waals surface area (Å²) in [7, 11) is 0. The van der Waals surface area contributed by atoms with E-state index in [9.17, 15) is 9.59 Å². The van der Waals surface area contributed by atoms with Gasteiger partial charge in [0.1, 0.15) is 5.78 Å². The van der Waals surface area contributed by atoms with Crippen LogP contribution in [0.2, 0.25) is 0 Å². The molecule has 0 unspecified atom stereocenters. The summed E-state index contributed by atoms with van der Waals surface area (Å²) in [6.45, 7) is 1.31. The lowest BCUT2D eigenvalue weighted by molar-refractivity contribution is -0.132. The molecule has 0 atom stereocenters. The highest BCUT2D eigenvalue weighted by molar-refractivity contribution is 5.87. The van der Waals surface area contributed by atoms with Crippen LogP contribution in [0.4, 0.5) is 4.79 Å². The van der Waals surface area contributed by atoms with Crippen LogP contribution in [0.1, 0.15) is 12.8 Å². The first kappa shape index (κ1) is 6.64. The van der Waals surface area contributed by atoms with E-state index >= 15 is 0 Å². The minimum atomic E-state index is -0.116. The fourth-order valence-electron chi connectivity index (χ4n) is 1.70. The molecular formula is C7H10N2O2. The molecule has 4 nitrogen and oxygen atoms in total. The quantitative estimate of drug-likeness (QED) is 0.501. The van der Waals surface area contributed by atoms with Gasteiger partial charge in [-0.05, 0) is 0 Å². The molecule has 4 heteroatoms. The van der Waals surface area contributed by atoms with Crippen LogP contribution in [-0.2, 0) is 4.79 Å². The van der Waals surface area contributed by atoms with Crippen molar-refractivity contribution in [2.24, 2.45) is 5.41 Å². The van der Waals surface area contributed by atoms with Gasteiger partial charge < -0.3 is 10.6 Å². The second-order valence-corrected chi connectivity index (χ2v) is 3.43. The number of carbonyl (C=O) groups excluding carboxylic acids is 2. The number of hydrogen-bond donors (Lipinski definition) is 2. The molecule has 0 aromatic rings. The summed E-state index contributed by atoms with van der Waals surface area (Å²) in [6.07, 6.45) is 1.25. The standard InChI is InChI=1S/C7H10N2O2/c10-5-1-7(2-5)3-8-6(11)9-4-7/h1-4H2,(H2,8,9,11). The molecule has 60 valence electrons. The molecule has 2 N–H and O–H groups in total. The van der Waals surface area contributed by atoms with Gasteiger partial charge in [-0.25, -0.2) is 4.79 Å². The van der Waals surface area contributed by atoms with E-state index in [0.29, 0.717) is 31.7 Å². The van der Waals surface area contributed by atoms with Crippen molar-refractivity contribution in [2.45, 2.75) is 12.8 Å². The molecule has 1 saturated heterocycles. The first-order valence-electron chi connectivity index (χ1n) is 3.74. The zero-order valence-electron chi connectivity index (χ0n) is 6.14. The number of carbonyl (C=O) groups is 2. The Labute approximate surface area is 64.3 Å². The number of ketones is 1. The van der Waals surface area contributed by atoms with Crippen molar-refractivity contribution in [3.05, 3.63) is 0 Å². The maximum absolute atomic E-state index is 10.7. The molecular weight excluding hydrogens is 144 g/mol. The van der Waals surface area contributed by atoms with Gasteiger partial charge in [-0.3, -0.25) is 4.79 Å². The number of nitrogens with one attached hydrogen (secondary N) is 2. The number of amides is 2. The largest absolute Gasteiger partial charge is 0.338 e. The van der Waals surface area contributed by atoms with Gasteiger partial charge in [0.15, 0.2) is 0 Å². The summed E-state index contributed by atoms with van der Waals surface area (Å²) in [5.41, 5.74) is 0.0605.